The maximum absolute atomic E-state index is 6.13. The van der Waals surface area contributed by atoms with Gasteiger partial charge >= 0.3 is 0 Å². The number of aryl methyl sites for hydroxylation is 1. The Morgan fingerprint density at radius 1 is 1.19 bits per heavy atom. The lowest BCUT2D eigenvalue weighted by molar-refractivity contribution is 0.522. The molecular formula is C17H15BrClNO. The number of furan rings is 1. The first-order valence-corrected chi connectivity index (χ1v) is 7.93. The van der Waals surface area contributed by atoms with E-state index in [0.29, 0.717) is 5.02 Å². The van der Waals surface area contributed by atoms with Crippen molar-refractivity contribution in [3.05, 3.63) is 63.3 Å². The van der Waals surface area contributed by atoms with E-state index in [4.69, 9.17) is 16.0 Å². The van der Waals surface area contributed by atoms with Gasteiger partial charge in [0.2, 0.25) is 0 Å². The van der Waals surface area contributed by atoms with Gasteiger partial charge in [-0.1, -0.05) is 29.8 Å². The zero-order valence-corrected chi connectivity index (χ0v) is 14.1. The van der Waals surface area contributed by atoms with Gasteiger partial charge in [0, 0.05) is 21.1 Å². The van der Waals surface area contributed by atoms with Crippen LogP contribution in [0.3, 0.4) is 0 Å². The normalized spacial score (nSPS) is 12.6. The van der Waals surface area contributed by atoms with Gasteiger partial charge in [-0.25, -0.2) is 0 Å². The highest BCUT2D eigenvalue weighted by Gasteiger charge is 2.16. The summed E-state index contributed by atoms with van der Waals surface area (Å²) in [6.45, 7) is 4.18. The summed E-state index contributed by atoms with van der Waals surface area (Å²) in [7, 11) is 0. The monoisotopic (exact) mass is 363 g/mol. The molecule has 3 rings (SSSR count). The summed E-state index contributed by atoms with van der Waals surface area (Å²) in [5.74, 6) is 0.954. The Balaban J connectivity index is 1.91. The smallest absolute Gasteiger partial charge is 0.134 e. The van der Waals surface area contributed by atoms with Crippen LogP contribution in [0.4, 0.5) is 5.69 Å². The third-order valence-corrected chi connectivity index (χ3v) is 4.81. The molecule has 1 unspecified atom stereocenters. The number of rotatable bonds is 3. The van der Waals surface area contributed by atoms with E-state index in [1.54, 1.807) is 0 Å². The van der Waals surface area contributed by atoms with Gasteiger partial charge in [0.15, 0.2) is 0 Å². The number of hydrogen-bond acceptors (Lipinski definition) is 2. The van der Waals surface area contributed by atoms with Crippen molar-refractivity contribution in [3.63, 3.8) is 0 Å². The van der Waals surface area contributed by atoms with Crippen LogP contribution in [0.25, 0.3) is 11.0 Å². The third kappa shape index (κ3) is 2.81. The standard InChI is InChI=1S/C17H15BrClNO/c1-10-13-5-3-4-6-16(13)21-17(10)11(2)20-12-7-8-14(18)15(19)9-12/h3-9,11,20H,1-2H3. The second kappa shape index (κ2) is 5.74. The van der Waals surface area contributed by atoms with Gasteiger partial charge in [0.1, 0.15) is 11.3 Å². The highest BCUT2D eigenvalue weighted by atomic mass is 79.9. The molecule has 0 radical (unpaired) electrons. The summed E-state index contributed by atoms with van der Waals surface area (Å²) < 4.78 is 6.87. The number of halogens is 2. The van der Waals surface area contributed by atoms with Crippen molar-refractivity contribution in [1.29, 1.82) is 0 Å². The molecule has 21 heavy (non-hydrogen) atoms. The lowest BCUT2D eigenvalue weighted by Gasteiger charge is -2.14. The number of benzene rings is 2. The largest absolute Gasteiger partial charge is 0.459 e. The molecular weight excluding hydrogens is 350 g/mol. The molecule has 0 amide bonds. The first-order valence-electron chi connectivity index (χ1n) is 6.76. The molecule has 4 heteroatoms. The van der Waals surface area contributed by atoms with Crippen molar-refractivity contribution < 1.29 is 4.42 Å². The fraction of sp³-hybridized carbons (Fsp3) is 0.176. The fourth-order valence-corrected chi connectivity index (χ4v) is 2.93. The van der Waals surface area contributed by atoms with Crippen LogP contribution in [0, 0.1) is 6.92 Å². The van der Waals surface area contributed by atoms with Crippen molar-refractivity contribution in [2.75, 3.05) is 5.32 Å². The average Bonchev–Trinajstić information content (AvgIpc) is 2.81. The van der Waals surface area contributed by atoms with Gasteiger partial charge in [0.25, 0.3) is 0 Å². The van der Waals surface area contributed by atoms with Crippen LogP contribution in [0.5, 0.6) is 0 Å². The Bertz CT molecular complexity index is 797. The van der Waals surface area contributed by atoms with E-state index < -0.39 is 0 Å². The van der Waals surface area contributed by atoms with E-state index in [1.807, 2.05) is 36.4 Å². The molecule has 1 aromatic heterocycles. The Hall–Kier alpha value is -1.45. The van der Waals surface area contributed by atoms with Crippen LogP contribution < -0.4 is 5.32 Å². The molecule has 0 spiro atoms. The summed E-state index contributed by atoms with van der Waals surface area (Å²) >= 11 is 9.53. The molecule has 0 aliphatic heterocycles. The highest BCUT2D eigenvalue weighted by molar-refractivity contribution is 9.10. The summed E-state index contributed by atoms with van der Waals surface area (Å²) in [5.41, 5.74) is 3.07. The molecule has 2 nitrogen and oxygen atoms in total. The molecule has 2 aromatic carbocycles. The van der Waals surface area contributed by atoms with Gasteiger partial charge in [0.05, 0.1) is 11.1 Å². The van der Waals surface area contributed by atoms with E-state index in [0.717, 1.165) is 26.9 Å². The maximum Gasteiger partial charge on any atom is 0.134 e. The Morgan fingerprint density at radius 3 is 2.67 bits per heavy atom. The van der Waals surface area contributed by atoms with Crippen molar-refractivity contribution in [2.24, 2.45) is 0 Å². The van der Waals surface area contributed by atoms with Gasteiger partial charge in [-0.2, -0.15) is 0 Å². The van der Waals surface area contributed by atoms with Gasteiger partial charge in [-0.15, -0.1) is 0 Å². The van der Waals surface area contributed by atoms with Gasteiger partial charge < -0.3 is 9.73 Å². The Morgan fingerprint density at radius 2 is 1.95 bits per heavy atom. The number of para-hydroxylation sites is 1. The lowest BCUT2D eigenvalue weighted by Crippen LogP contribution is -2.06. The molecule has 1 atom stereocenters. The van der Waals surface area contributed by atoms with Crippen molar-refractivity contribution in [2.45, 2.75) is 19.9 Å². The molecule has 1 N–H and O–H groups in total. The molecule has 0 bridgehead atoms. The topological polar surface area (TPSA) is 25.2 Å². The minimum absolute atomic E-state index is 0.0645. The van der Waals surface area contributed by atoms with E-state index in [-0.39, 0.29) is 6.04 Å². The van der Waals surface area contributed by atoms with Crippen LogP contribution in [0.15, 0.2) is 51.4 Å². The predicted molar refractivity (Wildman–Crippen MR) is 92.1 cm³/mol. The molecule has 0 aliphatic rings. The maximum atomic E-state index is 6.13. The summed E-state index contributed by atoms with van der Waals surface area (Å²) in [6.07, 6.45) is 0. The zero-order valence-electron chi connectivity index (χ0n) is 11.8. The van der Waals surface area contributed by atoms with Crippen LogP contribution in [-0.4, -0.2) is 0 Å². The lowest BCUT2D eigenvalue weighted by atomic mass is 10.1. The minimum atomic E-state index is 0.0645. The number of nitrogens with one attached hydrogen (secondary N) is 1. The van der Waals surface area contributed by atoms with Crippen LogP contribution in [-0.2, 0) is 0 Å². The molecule has 1 heterocycles. The SMILES string of the molecule is Cc1c(C(C)Nc2ccc(Br)c(Cl)c2)oc2ccccc12. The van der Waals surface area contributed by atoms with Crippen LogP contribution in [0.1, 0.15) is 24.3 Å². The quantitative estimate of drug-likeness (QED) is 0.587. The second-order valence-electron chi connectivity index (χ2n) is 5.08. The highest BCUT2D eigenvalue weighted by Crippen LogP contribution is 2.32. The van der Waals surface area contributed by atoms with E-state index in [2.05, 4.69) is 41.2 Å². The number of fused-ring (bicyclic) bond motifs is 1. The van der Waals surface area contributed by atoms with E-state index >= 15 is 0 Å². The number of anilines is 1. The summed E-state index contributed by atoms with van der Waals surface area (Å²) in [6, 6.07) is 14.0. The van der Waals surface area contributed by atoms with Gasteiger partial charge in [-0.3, -0.25) is 0 Å². The molecule has 108 valence electrons. The van der Waals surface area contributed by atoms with Crippen molar-refractivity contribution in [3.8, 4) is 0 Å². The first kappa shape index (κ1) is 14.5. The molecule has 0 saturated heterocycles. The zero-order chi connectivity index (χ0) is 15.0. The Labute approximate surface area is 137 Å². The van der Waals surface area contributed by atoms with E-state index in [9.17, 15) is 0 Å². The predicted octanol–water partition coefficient (Wildman–Crippen LogP) is 6.33. The molecule has 0 saturated carbocycles. The Kier molecular flexibility index (Phi) is 3.96. The minimum Gasteiger partial charge on any atom is -0.459 e. The first-order chi connectivity index (χ1) is 10.1. The van der Waals surface area contributed by atoms with Crippen molar-refractivity contribution in [1.82, 2.24) is 0 Å². The van der Waals surface area contributed by atoms with E-state index in [1.165, 1.54) is 5.56 Å². The fourth-order valence-electron chi connectivity index (χ4n) is 2.51. The molecule has 3 aromatic rings. The summed E-state index contributed by atoms with van der Waals surface area (Å²) in [5, 5.41) is 5.28. The third-order valence-electron chi connectivity index (χ3n) is 3.58. The summed E-state index contributed by atoms with van der Waals surface area (Å²) in [4.78, 5) is 0. The van der Waals surface area contributed by atoms with Crippen molar-refractivity contribution >= 4 is 44.2 Å². The van der Waals surface area contributed by atoms with Gasteiger partial charge in [-0.05, 0) is 54.0 Å². The number of hydrogen-bond donors (Lipinski definition) is 1. The molecule has 0 fully saturated rings. The second-order valence-corrected chi connectivity index (χ2v) is 6.34. The van der Waals surface area contributed by atoms with Crippen LogP contribution in [0.2, 0.25) is 5.02 Å². The average molecular weight is 365 g/mol. The molecule has 0 aliphatic carbocycles. The van der Waals surface area contributed by atoms with Crippen LogP contribution >= 0.6 is 27.5 Å².